The SMILES string of the molecule is CC.CC/C=C(\C)NC(C)=O. The molecular weight excluding hydrogens is 138 g/mol. The third-order valence-corrected chi connectivity index (χ3v) is 0.884. The molecule has 0 atom stereocenters. The minimum Gasteiger partial charge on any atom is -0.331 e. The lowest BCUT2D eigenvalue weighted by atomic mass is 10.3. The third kappa shape index (κ3) is 12.4. The summed E-state index contributed by atoms with van der Waals surface area (Å²) < 4.78 is 0. The van der Waals surface area contributed by atoms with Crippen LogP contribution in [0.15, 0.2) is 11.8 Å². The standard InChI is InChI=1S/C7H13NO.C2H6/c1-4-5-6(2)8-7(3)9;1-2/h5H,4H2,1-3H3,(H,8,9);1-2H3/b6-5+;. The molecule has 0 saturated carbocycles. The van der Waals surface area contributed by atoms with Crippen LogP contribution in [0.25, 0.3) is 0 Å². The average Bonchev–Trinajstić information content (AvgIpc) is 1.91. The van der Waals surface area contributed by atoms with Crippen molar-refractivity contribution in [3.05, 3.63) is 11.8 Å². The maximum atomic E-state index is 10.4. The van der Waals surface area contributed by atoms with Crippen LogP contribution in [0.1, 0.15) is 41.0 Å². The number of carbonyl (C=O) groups excluding carboxylic acids is 1. The summed E-state index contributed by atoms with van der Waals surface area (Å²) in [6.45, 7) is 9.42. The predicted octanol–water partition coefficient (Wildman–Crippen LogP) is 2.46. The Bertz CT molecular complexity index is 128. The van der Waals surface area contributed by atoms with E-state index in [1.165, 1.54) is 6.92 Å². The molecule has 66 valence electrons. The Balaban J connectivity index is 0. The van der Waals surface area contributed by atoms with Gasteiger partial charge in [0.15, 0.2) is 0 Å². The Labute approximate surface area is 69.7 Å². The Morgan fingerprint density at radius 1 is 1.36 bits per heavy atom. The molecular formula is C9H19NO. The van der Waals surface area contributed by atoms with Gasteiger partial charge in [0.1, 0.15) is 0 Å². The van der Waals surface area contributed by atoms with Crippen LogP contribution in [0.5, 0.6) is 0 Å². The monoisotopic (exact) mass is 157 g/mol. The number of hydrogen-bond donors (Lipinski definition) is 1. The first-order valence-corrected chi connectivity index (χ1v) is 4.11. The molecule has 0 aliphatic heterocycles. The van der Waals surface area contributed by atoms with E-state index in [1.807, 2.05) is 33.8 Å². The molecule has 2 nitrogen and oxygen atoms in total. The highest BCUT2D eigenvalue weighted by Gasteiger charge is 1.88. The molecule has 2 heteroatoms. The number of allylic oxidation sites excluding steroid dienone is 2. The summed E-state index contributed by atoms with van der Waals surface area (Å²) >= 11 is 0. The van der Waals surface area contributed by atoms with Crippen LogP contribution in [-0.2, 0) is 4.79 Å². The zero-order valence-electron chi connectivity index (χ0n) is 8.19. The Morgan fingerprint density at radius 2 is 1.82 bits per heavy atom. The summed E-state index contributed by atoms with van der Waals surface area (Å²) in [7, 11) is 0. The lowest BCUT2D eigenvalue weighted by Gasteiger charge is -1.98. The molecule has 0 aliphatic carbocycles. The first-order chi connectivity index (χ1) is 5.16. The van der Waals surface area contributed by atoms with Crippen molar-refractivity contribution >= 4 is 5.91 Å². The highest BCUT2D eigenvalue weighted by Crippen LogP contribution is 1.88. The van der Waals surface area contributed by atoms with E-state index in [-0.39, 0.29) is 5.91 Å². The van der Waals surface area contributed by atoms with Crippen LogP contribution in [0.2, 0.25) is 0 Å². The quantitative estimate of drug-likeness (QED) is 0.655. The van der Waals surface area contributed by atoms with Gasteiger partial charge in [0.2, 0.25) is 5.91 Å². The van der Waals surface area contributed by atoms with Crippen LogP contribution in [-0.4, -0.2) is 5.91 Å². The second kappa shape index (κ2) is 9.21. The first kappa shape index (κ1) is 12.8. The first-order valence-electron chi connectivity index (χ1n) is 4.11. The van der Waals surface area contributed by atoms with Gasteiger partial charge in [-0.3, -0.25) is 4.79 Å². The molecule has 0 radical (unpaired) electrons. The van der Waals surface area contributed by atoms with E-state index in [9.17, 15) is 4.79 Å². The van der Waals surface area contributed by atoms with Crippen LogP contribution in [0, 0.1) is 0 Å². The van der Waals surface area contributed by atoms with Gasteiger partial charge in [-0.25, -0.2) is 0 Å². The average molecular weight is 157 g/mol. The van der Waals surface area contributed by atoms with Gasteiger partial charge < -0.3 is 5.32 Å². The molecule has 0 fully saturated rings. The fraction of sp³-hybridized carbons (Fsp3) is 0.667. The number of nitrogens with one attached hydrogen (secondary N) is 1. The Hall–Kier alpha value is -0.790. The number of rotatable bonds is 2. The molecule has 0 saturated heterocycles. The van der Waals surface area contributed by atoms with Crippen LogP contribution in [0.4, 0.5) is 0 Å². The van der Waals surface area contributed by atoms with Crippen LogP contribution >= 0.6 is 0 Å². The molecule has 11 heavy (non-hydrogen) atoms. The maximum Gasteiger partial charge on any atom is 0.220 e. The van der Waals surface area contributed by atoms with E-state index in [2.05, 4.69) is 5.32 Å². The summed E-state index contributed by atoms with van der Waals surface area (Å²) in [6.07, 6.45) is 2.94. The minimum atomic E-state index is -0.00259. The van der Waals surface area contributed by atoms with Gasteiger partial charge in [0, 0.05) is 12.6 Å². The molecule has 0 spiro atoms. The summed E-state index contributed by atoms with van der Waals surface area (Å²) in [5.74, 6) is -0.00259. The van der Waals surface area contributed by atoms with Crippen molar-refractivity contribution in [3.63, 3.8) is 0 Å². The molecule has 0 unspecified atom stereocenters. The third-order valence-electron chi connectivity index (χ3n) is 0.884. The van der Waals surface area contributed by atoms with Gasteiger partial charge in [-0.2, -0.15) is 0 Å². The molecule has 0 aromatic carbocycles. The zero-order valence-corrected chi connectivity index (χ0v) is 8.19. The van der Waals surface area contributed by atoms with E-state index in [0.717, 1.165) is 12.1 Å². The minimum absolute atomic E-state index is 0.00259. The van der Waals surface area contributed by atoms with Crippen molar-refractivity contribution < 1.29 is 4.79 Å². The Morgan fingerprint density at radius 3 is 2.09 bits per heavy atom. The second-order valence-electron chi connectivity index (χ2n) is 1.98. The van der Waals surface area contributed by atoms with Gasteiger partial charge in [0.05, 0.1) is 0 Å². The molecule has 0 bridgehead atoms. The van der Waals surface area contributed by atoms with E-state index in [4.69, 9.17) is 0 Å². The largest absolute Gasteiger partial charge is 0.331 e. The topological polar surface area (TPSA) is 29.1 Å². The number of amides is 1. The van der Waals surface area contributed by atoms with Gasteiger partial charge in [-0.05, 0) is 13.3 Å². The molecule has 1 N–H and O–H groups in total. The van der Waals surface area contributed by atoms with Crippen molar-refractivity contribution in [1.29, 1.82) is 0 Å². The Kier molecular flexibility index (Phi) is 10.8. The second-order valence-corrected chi connectivity index (χ2v) is 1.98. The normalized spacial score (nSPS) is 9.73. The van der Waals surface area contributed by atoms with Gasteiger partial charge >= 0.3 is 0 Å². The van der Waals surface area contributed by atoms with Crippen molar-refractivity contribution in [2.24, 2.45) is 0 Å². The van der Waals surface area contributed by atoms with Gasteiger partial charge in [-0.1, -0.05) is 26.8 Å². The predicted molar refractivity (Wildman–Crippen MR) is 49.2 cm³/mol. The summed E-state index contributed by atoms with van der Waals surface area (Å²) in [6, 6.07) is 0. The highest BCUT2D eigenvalue weighted by molar-refractivity contribution is 5.74. The summed E-state index contributed by atoms with van der Waals surface area (Å²) in [4.78, 5) is 10.4. The maximum absolute atomic E-state index is 10.4. The fourth-order valence-corrected chi connectivity index (χ4v) is 0.635. The van der Waals surface area contributed by atoms with Crippen molar-refractivity contribution in [1.82, 2.24) is 5.32 Å². The van der Waals surface area contributed by atoms with E-state index in [0.29, 0.717) is 0 Å². The van der Waals surface area contributed by atoms with E-state index >= 15 is 0 Å². The molecule has 0 rings (SSSR count). The summed E-state index contributed by atoms with van der Waals surface area (Å²) in [5, 5.41) is 2.67. The lowest BCUT2D eigenvalue weighted by molar-refractivity contribution is -0.118. The van der Waals surface area contributed by atoms with Crippen molar-refractivity contribution in [2.45, 2.75) is 41.0 Å². The van der Waals surface area contributed by atoms with Crippen LogP contribution in [0.3, 0.4) is 0 Å². The van der Waals surface area contributed by atoms with Gasteiger partial charge in [-0.15, -0.1) is 0 Å². The number of hydrogen-bond acceptors (Lipinski definition) is 1. The van der Waals surface area contributed by atoms with Gasteiger partial charge in [0.25, 0.3) is 0 Å². The smallest absolute Gasteiger partial charge is 0.220 e. The van der Waals surface area contributed by atoms with E-state index in [1.54, 1.807) is 0 Å². The highest BCUT2D eigenvalue weighted by atomic mass is 16.1. The van der Waals surface area contributed by atoms with Crippen molar-refractivity contribution in [2.75, 3.05) is 0 Å². The fourth-order valence-electron chi connectivity index (χ4n) is 0.635. The van der Waals surface area contributed by atoms with Crippen LogP contribution < -0.4 is 5.32 Å². The van der Waals surface area contributed by atoms with Crippen molar-refractivity contribution in [3.8, 4) is 0 Å². The zero-order chi connectivity index (χ0) is 9.28. The lowest BCUT2D eigenvalue weighted by Crippen LogP contribution is -2.16. The molecule has 0 heterocycles. The van der Waals surface area contributed by atoms with E-state index < -0.39 is 0 Å². The molecule has 0 aliphatic rings. The molecule has 1 amide bonds. The number of carbonyl (C=O) groups is 1. The summed E-state index contributed by atoms with van der Waals surface area (Å²) in [5.41, 5.74) is 0.935. The molecule has 0 aromatic rings. The molecule has 0 aromatic heterocycles.